The van der Waals surface area contributed by atoms with E-state index in [-0.39, 0.29) is 0 Å². The highest BCUT2D eigenvalue weighted by atomic mass is 32.1. The molecule has 2 rings (SSSR count). The average molecular weight is 275 g/mol. The van der Waals surface area contributed by atoms with Crippen LogP contribution in [-0.4, -0.2) is 38.1 Å². The predicted octanol–water partition coefficient (Wildman–Crippen LogP) is 1.60. The highest BCUT2D eigenvalue weighted by molar-refractivity contribution is 7.17. The number of nitrogen functional groups attached to an aromatic ring is 1. The molecule has 1 aliphatic rings. The quantitative estimate of drug-likeness (QED) is 0.886. The topological polar surface area (TPSA) is 80.1 Å². The number of nitrogens with two attached hydrogens (primary N) is 1. The molecule has 2 N–H and O–H groups in total. The van der Waals surface area contributed by atoms with Crippen LogP contribution < -0.4 is 10.6 Å². The molecular weight excluding hydrogens is 258 g/mol. The Hall–Kier alpha value is -1.76. The van der Waals surface area contributed by atoms with E-state index < -0.39 is 0 Å². The van der Waals surface area contributed by atoms with Crippen molar-refractivity contribution in [2.45, 2.75) is 18.9 Å². The summed E-state index contributed by atoms with van der Waals surface area (Å²) >= 11 is 1.33. The minimum atomic E-state index is 0.333. The van der Waals surface area contributed by atoms with Gasteiger partial charge < -0.3 is 15.5 Å². The van der Waals surface area contributed by atoms with Crippen molar-refractivity contribution in [3.05, 3.63) is 10.4 Å². The first kappa shape index (κ1) is 13.7. The summed E-state index contributed by atoms with van der Waals surface area (Å²) < 4.78 is 0. The van der Waals surface area contributed by atoms with Crippen LogP contribution in [0.2, 0.25) is 0 Å². The minimum absolute atomic E-state index is 0.333. The molecule has 5 nitrogen and oxygen atoms in total. The van der Waals surface area contributed by atoms with Gasteiger partial charge in [0.05, 0.1) is 5.69 Å². The van der Waals surface area contributed by atoms with Gasteiger partial charge in [-0.2, -0.15) is 10.5 Å². The number of hydrogen-bond donors (Lipinski definition) is 1. The summed E-state index contributed by atoms with van der Waals surface area (Å²) in [6.45, 7) is 1.81. The van der Waals surface area contributed by atoms with Crippen LogP contribution in [0.4, 0.5) is 10.7 Å². The van der Waals surface area contributed by atoms with E-state index in [1.54, 1.807) is 0 Å². The Morgan fingerprint density at radius 3 is 2.37 bits per heavy atom. The Labute approximate surface area is 117 Å². The molecule has 6 heteroatoms. The molecule has 1 aromatic heterocycles. The third kappa shape index (κ3) is 2.51. The molecule has 0 aliphatic carbocycles. The van der Waals surface area contributed by atoms with E-state index in [1.807, 2.05) is 0 Å². The molecule has 0 spiro atoms. The largest absolute Gasteiger partial charge is 0.396 e. The van der Waals surface area contributed by atoms with Gasteiger partial charge in [0.15, 0.2) is 0 Å². The molecule has 0 saturated carbocycles. The van der Waals surface area contributed by atoms with Gasteiger partial charge in [0.1, 0.15) is 27.6 Å². The minimum Gasteiger partial charge on any atom is -0.396 e. The first-order valence-corrected chi connectivity index (χ1v) is 7.04. The van der Waals surface area contributed by atoms with Crippen molar-refractivity contribution in [2.24, 2.45) is 0 Å². The molecule has 100 valence electrons. The Morgan fingerprint density at radius 1 is 1.26 bits per heavy atom. The van der Waals surface area contributed by atoms with E-state index in [2.05, 4.69) is 36.0 Å². The lowest BCUT2D eigenvalue weighted by atomic mass is 10.0. The van der Waals surface area contributed by atoms with Gasteiger partial charge in [-0.15, -0.1) is 11.3 Å². The van der Waals surface area contributed by atoms with Gasteiger partial charge in [0.2, 0.25) is 0 Å². The van der Waals surface area contributed by atoms with Crippen molar-refractivity contribution in [2.75, 3.05) is 37.8 Å². The molecule has 0 aromatic carbocycles. The van der Waals surface area contributed by atoms with Crippen LogP contribution in [0.25, 0.3) is 0 Å². The summed E-state index contributed by atoms with van der Waals surface area (Å²) in [5, 5.41) is 19.1. The zero-order chi connectivity index (χ0) is 14.0. The number of anilines is 2. The second-order valence-corrected chi connectivity index (χ2v) is 5.93. The number of nitrogens with zero attached hydrogens (tertiary/aromatic N) is 4. The number of hydrogen-bond acceptors (Lipinski definition) is 6. The molecule has 2 heterocycles. The van der Waals surface area contributed by atoms with E-state index in [1.165, 1.54) is 11.3 Å². The Bertz CT molecular complexity index is 541. The Morgan fingerprint density at radius 2 is 1.89 bits per heavy atom. The number of nitriles is 2. The number of piperidine rings is 1. The molecule has 1 fully saturated rings. The van der Waals surface area contributed by atoms with E-state index in [9.17, 15) is 5.26 Å². The van der Waals surface area contributed by atoms with Crippen molar-refractivity contribution in [3.8, 4) is 12.1 Å². The van der Waals surface area contributed by atoms with Gasteiger partial charge in [0.25, 0.3) is 0 Å². The Kier molecular flexibility index (Phi) is 3.94. The molecule has 0 atom stereocenters. The number of thiophene rings is 1. The van der Waals surface area contributed by atoms with Crippen molar-refractivity contribution >= 4 is 22.0 Å². The van der Waals surface area contributed by atoms with Crippen LogP contribution >= 0.6 is 11.3 Å². The van der Waals surface area contributed by atoms with Crippen LogP contribution in [0.3, 0.4) is 0 Å². The SMILES string of the molecule is CN(C)C1CCN(c2sc(C#N)c(N)c2C#N)CC1. The van der Waals surface area contributed by atoms with Gasteiger partial charge in [0, 0.05) is 19.1 Å². The van der Waals surface area contributed by atoms with E-state index in [0.29, 0.717) is 22.2 Å². The van der Waals surface area contributed by atoms with Crippen LogP contribution in [0.15, 0.2) is 0 Å². The monoisotopic (exact) mass is 275 g/mol. The third-order valence-corrected chi connectivity index (χ3v) is 4.79. The zero-order valence-corrected chi connectivity index (χ0v) is 12.0. The van der Waals surface area contributed by atoms with Crippen LogP contribution in [0.5, 0.6) is 0 Å². The maximum absolute atomic E-state index is 9.21. The fourth-order valence-corrected chi connectivity index (χ4v) is 3.45. The first-order chi connectivity index (χ1) is 9.08. The van der Waals surface area contributed by atoms with Crippen LogP contribution in [0, 0.1) is 22.7 Å². The van der Waals surface area contributed by atoms with Crippen LogP contribution in [0.1, 0.15) is 23.3 Å². The van der Waals surface area contributed by atoms with E-state index in [4.69, 9.17) is 11.0 Å². The maximum Gasteiger partial charge on any atom is 0.131 e. The average Bonchev–Trinajstić information content (AvgIpc) is 2.75. The number of rotatable bonds is 2. The lowest BCUT2D eigenvalue weighted by Crippen LogP contribution is -2.41. The van der Waals surface area contributed by atoms with Crippen molar-refractivity contribution in [3.63, 3.8) is 0 Å². The predicted molar refractivity (Wildman–Crippen MR) is 77.1 cm³/mol. The molecule has 1 aliphatic heterocycles. The maximum atomic E-state index is 9.21. The fraction of sp³-hybridized carbons (Fsp3) is 0.538. The molecule has 0 radical (unpaired) electrons. The summed E-state index contributed by atoms with van der Waals surface area (Å²) in [5.41, 5.74) is 6.63. The van der Waals surface area contributed by atoms with Crippen molar-refractivity contribution in [1.29, 1.82) is 10.5 Å². The summed E-state index contributed by atoms with van der Waals surface area (Å²) in [6.07, 6.45) is 2.13. The summed E-state index contributed by atoms with van der Waals surface area (Å²) in [5.74, 6) is 0. The first-order valence-electron chi connectivity index (χ1n) is 6.22. The molecule has 1 aromatic rings. The van der Waals surface area contributed by atoms with Gasteiger partial charge in [-0.25, -0.2) is 0 Å². The van der Waals surface area contributed by atoms with E-state index >= 15 is 0 Å². The molecular formula is C13H17N5S. The summed E-state index contributed by atoms with van der Waals surface area (Å²) in [4.78, 5) is 4.87. The lowest BCUT2D eigenvalue weighted by Gasteiger charge is -2.35. The Balaban J connectivity index is 2.21. The van der Waals surface area contributed by atoms with Crippen molar-refractivity contribution in [1.82, 2.24) is 4.90 Å². The zero-order valence-electron chi connectivity index (χ0n) is 11.2. The van der Waals surface area contributed by atoms with Crippen LogP contribution in [-0.2, 0) is 0 Å². The summed E-state index contributed by atoms with van der Waals surface area (Å²) in [7, 11) is 4.19. The second-order valence-electron chi connectivity index (χ2n) is 4.93. The van der Waals surface area contributed by atoms with E-state index in [0.717, 1.165) is 30.9 Å². The smallest absolute Gasteiger partial charge is 0.131 e. The van der Waals surface area contributed by atoms with Gasteiger partial charge in [-0.1, -0.05) is 0 Å². The van der Waals surface area contributed by atoms with Gasteiger partial charge in [-0.05, 0) is 26.9 Å². The third-order valence-electron chi connectivity index (χ3n) is 3.62. The highest BCUT2D eigenvalue weighted by Crippen LogP contribution is 2.38. The molecule has 0 amide bonds. The van der Waals surface area contributed by atoms with Gasteiger partial charge in [-0.3, -0.25) is 0 Å². The lowest BCUT2D eigenvalue weighted by molar-refractivity contribution is 0.250. The molecule has 19 heavy (non-hydrogen) atoms. The molecule has 0 bridgehead atoms. The normalized spacial score (nSPS) is 16.4. The second kappa shape index (κ2) is 5.48. The highest BCUT2D eigenvalue weighted by Gasteiger charge is 2.25. The molecule has 0 unspecified atom stereocenters. The standard InChI is InChI=1S/C13H17N5S/c1-17(2)9-3-5-18(6-4-9)13-10(7-14)12(16)11(8-15)19-13/h9H,3-6,16H2,1-2H3. The summed E-state index contributed by atoms with van der Waals surface area (Å²) in [6, 6.07) is 4.79. The van der Waals surface area contributed by atoms with Gasteiger partial charge >= 0.3 is 0 Å². The van der Waals surface area contributed by atoms with Crippen molar-refractivity contribution < 1.29 is 0 Å². The molecule has 1 saturated heterocycles. The fourth-order valence-electron chi connectivity index (χ4n) is 2.43.